The Morgan fingerprint density at radius 2 is 1.81 bits per heavy atom. The Morgan fingerprint density at radius 1 is 1.23 bits per heavy atom. The quantitative estimate of drug-likeness (QED) is 0.808. The molecule has 1 N–H and O–H groups in total. The first-order valence-corrected chi connectivity index (χ1v) is 7.72. The molecular weight excluding hydrogens is 361 g/mol. The maximum Gasteiger partial charge on any atom is 0.431 e. The maximum atomic E-state index is 13.4. The predicted molar refractivity (Wildman–Crippen MR) is 85.0 cm³/mol. The second-order valence-electron chi connectivity index (χ2n) is 6.76. The fourth-order valence-electron chi connectivity index (χ4n) is 2.35. The Labute approximate surface area is 146 Å². The number of amides is 1. The number of rotatable bonds is 3. The molecule has 0 fully saturated rings. The minimum Gasteiger partial charge on any atom is -0.444 e. The molecule has 0 bridgehead atoms. The summed E-state index contributed by atoms with van der Waals surface area (Å²) in [6.45, 7) is 4.65. The van der Waals surface area contributed by atoms with E-state index in [9.17, 15) is 26.7 Å². The van der Waals surface area contributed by atoms with E-state index in [1.54, 1.807) is 20.8 Å². The highest BCUT2D eigenvalue weighted by atomic mass is 19.4. The summed E-state index contributed by atoms with van der Waals surface area (Å²) >= 11 is 0. The number of benzene rings is 1. The van der Waals surface area contributed by atoms with Gasteiger partial charge in [-0.25, -0.2) is 13.6 Å². The Balaban J connectivity index is 2.19. The van der Waals surface area contributed by atoms with Gasteiger partial charge in [0, 0.05) is 19.0 Å². The van der Waals surface area contributed by atoms with Crippen LogP contribution in [-0.2, 0) is 4.74 Å². The topological polar surface area (TPSA) is 53.9 Å². The average molecular weight is 379 g/mol. The molecule has 2 rings (SSSR count). The number of anilines is 1. The number of hydrogen-bond donors (Lipinski definition) is 1. The number of alkyl carbamates (subject to hydrolysis) is 1. The summed E-state index contributed by atoms with van der Waals surface area (Å²) in [7, 11) is 0. The van der Waals surface area contributed by atoms with E-state index in [1.165, 1.54) is 0 Å². The van der Waals surface area contributed by atoms with Gasteiger partial charge in [0.2, 0.25) is 0 Å². The molecule has 0 radical (unpaired) electrons. The monoisotopic (exact) mass is 379 g/mol. The molecule has 0 spiro atoms. The number of carbonyl (C=O) groups excluding carboxylic acids is 1. The second-order valence-corrected chi connectivity index (χ2v) is 6.76. The maximum absolute atomic E-state index is 13.4. The lowest BCUT2D eigenvalue weighted by molar-refractivity contribution is -0.0600. The molecule has 0 aromatic heterocycles. The molecule has 1 amide bonds. The highest BCUT2D eigenvalue weighted by molar-refractivity contribution is 5.93. The van der Waals surface area contributed by atoms with Crippen LogP contribution in [0, 0.1) is 11.6 Å². The Morgan fingerprint density at radius 3 is 2.31 bits per heavy atom. The van der Waals surface area contributed by atoms with Crippen molar-refractivity contribution in [1.82, 2.24) is 5.32 Å². The molecule has 10 heteroatoms. The predicted octanol–water partition coefficient (Wildman–Crippen LogP) is 3.99. The molecule has 1 atom stereocenters. The number of hydrogen-bond acceptors (Lipinski definition) is 4. The summed E-state index contributed by atoms with van der Waals surface area (Å²) in [5.41, 5.74) is -2.06. The average Bonchev–Trinajstić information content (AvgIpc) is 2.86. The molecule has 1 aromatic carbocycles. The zero-order valence-corrected chi connectivity index (χ0v) is 14.3. The number of halogens is 5. The van der Waals surface area contributed by atoms with Gasteiger partial charge in [0.25, 0.3) is 0 Å². The molecule has 144 valence electrons. The van der Waals surface area contributed by atoms with Gasteiger partial charge in [-0.1, -0.05) is 0 Å². The van der Waals surface area contributed by atoms with Crippen molar-refractivity contribution in [3.63, 3.8) is 0 Å². The molecule has 0 saturated carbocycles. The number of hydrazone groups is 1. The van der Waals surface area contributed by atoms with Gasteiger partial charge < -0.3 is 10.1 Å². The number of carbonyl (C=O) groups is 1. The number of ether oxygens (including phenoxy) is 1. The minimum atomic E-state index is -4.69. The van der Waals surface area contributed by atoms with E-state index in [0.29, 0.717) is 6.07 Å². The Kier molecular flexibility index (Phi) is 5.43. The van der Waals surface area contributed by atoms with Crippen LogP contribution in [0.5, 0.6) is 0 Å². The van der Waals surface area contributed by atoms with E-state index in [-0.39, 0.29) is 12.2 Å². The van der Waals surface area contributed by atoms with Gasteiger partial charge in [0.1, 0.15) is 22.9 Å². The number of nitrogens with zero attached hydrogens (tertiary/aromatic N) is 2. The molecule has 1 aliphatic rings. The number of alkyl halides is 3. The summed E-state index contributed by atoms with van der Waals surface area (Å²) in [5.74, 6) is -1.90. The van der Waals surface area contributed by atoms with Gasteiger partial charge in [-0.3, -0.25) is 5.01 Å². The molecule has 5 nitrogen and oxygen atoms in total. The Hall–Kier alpha value is -2.39. The standard InChI is InChI=1S/C16H18F5N3O2/c1-15(2,3)26-14(25)22-8-12-7-13(16(19,20)21)23-24(12)11-5-9(17)4-10(18)6-11/h4-6,12H,7-8H2,1-3H3,(H,22,25). The summed E-state index contributed by atoms with van der Waals surface area (Å²) in [5, 5.41) is 6.65. The third-order valence-corrected chi connectivity index (χ3v) is 3.32. The lowest BCUT2D eigenvalue weighted by Gasteiger charge is -2.25. The molecule has 1 aromatic rings. The highest BCUT2D eigenvalue weighted by Crippen LogP contribution is 2.31. The lowest BCUT2D eigenvalue weighted by Crippen LogP contribution is -2.41. The zero-order chi connectivity index (χ0) is 19.7. The molecular formula is C16H18F5N3O2. The van der Waals surface area contributed by atoms with Crippen molar-refractivity contribution in [3.8, 4) is 0 Å². The van der Waals surface area contributed by atoms with Crippen LogP contribution in [0.4, 0.5) is 32.4 Å². The second kappa shape index (κ2) is 7.08. The molecule has 0 aliphatic carbocycles. The van der Waals surface area contributed by atoms with E-state index < -0.39 is 47.7 Å². The minimum absolute atomic E-state index is 0.183. The first-order valence-electron chi connectivity index (χ1n) is 7.72. The SMILES string of the molecule is CC(C)(C)OC(=O)NCC1CC(C(F)(F)F)=NN1c1cc(F)cc(F)c1. The van der Waals surface area contributed by atoms with Crippen molar-refractivity contribution in [3.05, 3.63) is 29.8 Å². The molecule has 1 heterocycles. The highest BCUT2D eigenvalue weighted by Gasteiger charge is 2.43. The summed E-state index contributed by atoms with van der Waals surface area (Å²) in [4.78, 5) is 11.7. The van der Waals surface area contributed by atoms with Gasteiger partial charge in [-0.15, -0.1) is 0 Å². The summed E-state index contributed by atoms with van der Waals surface area (Å²) in [6, 6.07) is 1.36. The normalized spacial score (nSPS) is 17.9. The van der Waals surface area contributed by atoms with Gasteiger partial charge in [-0.2, -0.15) is 18.3 Å². The van der Waals surface area contributed by atoms with E-state index >= 15 is 0 Å². The molecule has 1 unspecified atom stereocenters. The molecule has 0 saturated heterocycles. The van der Waals surface area contributed by atoms with E-state index in [1.807, 2.05) is 0 Å². The first-order chi connectivity index (χ1) is 11.8. The van der Waals surface area contributed by atoms with Crippen LogP contribution in [0.3, 0.4) is 0 Å². The van der Waals surface area contributed by atoms with Crippen LogP contribution in [0.15, 0.2) is 23.3 Å². The van der Waals surface area contributed by atoms with Crippen molar-refractivity contribution in [1.29, 1.82) is 0 Å². The fourth-order valence-corrected chi connectivity index (χ4v) is 2.35. The smallest absolute Gasteiger partial charge is 0.431 e. The fraction of sp³-hybridized carbons (Fsp3) is 0.500. The van der Waals surface area contributed by atoms with Crippen molar-refractivity contribution in [2.45, 2.75) is 45.0 Å². The van der Waals surface area contributed by atoms with Gasteiger partial charge >= 0.3 is 12.3 Å². The van der Waals surface area contributed by atoms with Crippen LogP contribution >= 0.6 is 0 Å². The lowest BCUT2D eigenvalue weighted by atomic mass is 10.1. The Bertz CT molecular complexity index is 693. The van der Waals surface area contributed by atoms with Crippen LogP contribution in [0.2, 0.25) is 0 Å². The van der Waals surface area contributed by atoms with Gasteiger partial charge in [-0.05, 0) is 32.9 Å². The van der Waals surface area contributed by atoms with Crippen LogP contribution in [-0.4, -0.2) is 36.2 Å². The van der Waals surface area contributed by atoms with Gasteiger partial charge in [0.05, 0.1) is 11.7 Å². The van der Waals surface area contributed by atoms with E-state index in [2.05, 4.69) is 10.4 Å². The summed E-state index contributed by atoms with van der Waals surface area (Å²) < 4.78 is 70.8. The van der Waals surface area contributed by atoms with Crippen LogP contribution in [0.1, 0.15) is 27.2 Å². The van der Waals surface area contributed by atoms with Crippen molar-refractivity contribution in [2.24, 2.45) is 5.10 Å². The summed E-state index contributed by atoms with van der Waals surface area (Å²) in [6.07, 6.45) is -6.05. The van der Waals surface area contributed by atoms with Crippen molar-refractivity contribution in [2.75, 3.05) is 11.6 Å². The molecule has 1 aliphatic heterocycles. The first kappa shape index (κ1) is 19.9. The van der Waals surface area contributed by atoms with Crippen molar-refractivity contribution >= 4 is 17.5 Å². The van der Waals surface area contributed by atoms with E-state index in [4.69, 9.17) is 4.74 Å². The zero-order valence-electron chi connectivity index (χ0n) is 14.3. The third kappa shape index (κ3) is 5.30. The van der Waals surface area contributed by atoms with E-state index in [0.717, 1.165) is 17.1 Å². The van der Waals surface area contributed by atoms with Gasteiger partial charge in [0.15, 0.2) is 0 Å². The van der Waals surface area contributed by atoms with Crippen LogP contribution < -0.4 is 10.3 Å². The largest absolute Gasteiger partial charge is 0.444 e. The third-order valence-electron chi connectivity index (χ3n) is 3.32. The number of nitrogens with one attached hydrogen (secondary N) is 1. The van der Waals surface area contributed by atoms with Crippen LogP contribution in [0.25, 0.3) is 0 Å². The van der Waals surface area contributed by atoms with Crippen molar-refractivity contribution < 1.29 is 31.5 Å². The molecule has 26 heavy (non-hydrogen) atoms.